The fourth-order valence-electron chi connectivity index (χ4n) is 3.25. The van der Waals surface area contributed by atoms with Crippen molar-refractivity contribution in [3.8, 4) is 11.5 Å². The lowest BCUT2D eigenvalue weighted by Crippen LogP contribution is -2.31. The summed E-state index contributed by atoms with van der Waals surface area (Å²) in [6.07, 6.45) is 2.83. The van der Waals surface area contributed by atoms with Gasteiger partial charge in [-0.15, -0.1) is 12.4 Å². The molecule has 1 amide bonds. The summed E-state index contributed by atoms with van der Waals surface area (Å²) >= 11 is 6.18. The Morgan fingerprint density at radius 3 is 2.81 bits per heavy atom. The number of aliphatic hydroxyl groups is 1. The Bertz CT molecular complexity index is 609. The molecule has 2 aliphatic rings. The van der Waals surface area contributed by atoms with Crippen molar-refractivity contribution < 1.29 is 19.4 Å². The maximum atomic E-state index is 12.0. The molecule has 0 bridgehead atoms. The van der Waals surface area contributed by atoms with Crippen molar-refractivity contribution in [3.05, 3.63) is 22.7 Å². The Morgan fingerprint density at radius 1 is 1.31 bits per heavy atom. The first-order chi connectivity index (χ1) is 12.1. The molecule has 6 nitrogen and oxygen atoms in total. The predicted octanol–water partition coefficient (Wildman–Crippen LogP) is 2.46. The van der Waals surface area contributed by atoms with E-state index in [1.165, 1.54) is 0 Å². The Kier molecular flexibility index (Phi) is 8.28. The molecule has 2 aliphatic heterocycles. The average Bonchev–Trinajstić information content (AvgIpc) is 2.65. The number of benzene rings is 1. The van der Waals surface area contributed by atoms with Crippen molar-refractivity contribution in [2.75, 3.05) is 32.8 Å². The smallest absolute Gasteiger partial charge is 0.220 e. The van der Waals surface area contributed by atoms with E-state index in [0.717, 1.165) is 32.4 Å². The highest BCUT2D eigenvalue weighted by atomic mass is 35.5. The van der Waals surface area contributed by atoms with Crippen LogP contribution < -0.4 is 20.1 Å². The standard InChI is InChI=1S/C18H25ClN2O4.ClH/c19-14-9-13(10-16-18(14)25-8-7-24-16)15(22)11-21-17(23)2-1-12-3-5-20-6-4-12;/h9-10,12,15,20,22H,1-8,11H2,(H,21,23);1H. The van der Waals surface area contributed by atoms with Crippen molar-refractivity contribution in [3.63, 3.8) is 0 Å². The topological polar surface area (TPSA) is 79.8 Å². The Balaban J connectivity index is 0.00000243. The average molecular weight is 405 g/mol. The van der Waals surface area contributed by atoms with Crippen LogP contribution in [-0.4, -0.2) is 43.9 Å². The van der Waals surface area contributed by atoms with Gasteiger partial charge in [0.05, 0.1) is 11.1 Å². The number of amides is 1. The highest BCUT2D eigenvalue weighted by molar-refractivity contribution is 6.32. The van der Waals surface area contributed by atoms with Gasteiger partial charge in [-0.3, -0.25) is 4.79 Å². The number of ether oxygens (including phenoxy) is 2. The van der Waals surface area contributed by atoms with Crippen molar-refractivity contribution in [2.45, 2.75) is 31.8 Å². The third-order valence-corrected chi connectivity index (χ3v) is 5.02. The zero-order valence-electron chi connectivity index (χ0n) is 14.6. The summed E-state index contributed by atoms with van der Waals surface area (Å²) in [4.78, 5) is 12.0. The van der Waals surface area contributed by atoms with E-state index in [0.29, 0.717) is 47.6 Å². The maximum Gasteiger partial charge on any atom is 0.220 e. The molecule has 146 valence electrons. The van der Waals surface area contributed by atoms with E-state index in [-0.39, 0.29) is 24.9 Å². The molecule has 1 unspecified atom stereocenters. The zero-order chi connectivity index (χ0) is 17.6. The van der Waals surface area contributed by atoms with Gasteiger partial charge in [0.15, 0.2) is 11.5 Å². The number of nitrogens with one attached hydrogen (secondary N) is 2. The number of fused-ring (bicyclic) bond motifs is 1. The number of carbonyl (C=O) groups excluding carboxylic acids is 1. The third-order valence-electron chi connectivity index (χ3n) is 4.73. The SMILES string of the molecule is Cl.O=C(CCC1CCNCC1)NCC(O)c1cc(Cl)c2c(c1)OCCO2. The summed E-state index contributed by atoms with van der Waals surface area (Å²) in [7, 11) is 0. The van der Waals surface area contributed by atoms with Crippen LogP contribution in [0.1, 0.15) is 37.4 Å². The molecule has 2 heterocycles. The minimum Gasteiger partial charge on any atom is -0.486 e. The number of carbonyl (C=O) groups is 1. The lowest BCUT2D eigenvalue weighted by atomic mass is 9.93. The monoisotopic (exact) mass is 404 g/mol. The highest BCUT2D eigenvalue weighted by Crippen LogP contribution is 2.39. The quantitative estimate of drug-likeness (QED) is 0.678. The van der Waals surface area contributed by atoms with Gasteiger partial charge >= 0.3 is 0 Å². The zero-order valence-corrected chi connectivity index (χ0v) is 16.2. The fourth-order valence-corrected chi connectivity index (χ4v) is 3.52. The molecule has 3 N–H and O–H groups in total. The molecular formula is C18H26Cl2N2O4. The molecule has 0 radical (unpaired) electrons. The van der Waals surface area contributed by atoms with Crippen LogP contribution >= 0.6 is 24.0 Å². The second-order valence-electron chi connectivity index (χ2n) is 6.58. The van der Waals surface area contributed by atoms with Crippen molar-refractivity contribution in [2.24, 2.45) is 5.92 Å². The summed E-state index contributed by atoms with van der Waals surface area (Å²) in [5.41, 5.74) is 0.605. The lowest BCUT2D eigenvalue weighted by molar-refractivity contribution is -0.121. The number of rotatable bonds is 6. The lowest BCUT2D eigenvalue weighted by Gasteiger charge is -2.22. The van der Waals surface area contributed by atoms with Crippen molar-refractivity contribution in [1.29, 1.82) is 0 Å². The van der Waals surface area contributed by atoms with Crippen LogP contribution in [0.4, 0.5) is 0 Å². The summed E-state index contributed by atoms with van der Waals surface area (Å²) in [5, 5.41) is 16.9. The molecule has 3 rings (SSSR count). The summed E-state index contributed by atoms with van der Waals surface area (Å²) < 4.78 is 11.0. The van der Waals surface area contributed by atoms with Crippen LogP contribution in [0.5, 0.6) is 11.5 Å². The molecule has 1 aromatic rings. The van der Waals surface area contributed by atoms with E-state index in [2.05, 4.69) is 10.6 Å². The van der Waals surface area contributed by atoms with Crippen LogP contribution in [0.3, 0.4) is 0 Å². The first-order valence-corrected chi connectivity index (χ1v) is 9.26. The van der Waals surface area contributed by atoms with Crippen LogP contribution in [0, 0.1) is 5.92 Å². The molecule has 0 spiro atoms. The Labute approximate surface area is 165 Å². The van der Waals surface area contributed by atoms with E-state index in [9.17, 15) is 9.90 Å². The van der Waals surface area contributed by atoms with Crippen LogP contribution in [0.15, 0.2) is 12.1 Å². The van der Waals surface area contributed by atoms with Gasteiger partial charge in [0.2, 0.25) is 5.91 Å². The number of aliphatic hydroxyl groups excluding tert-OH is 1. The minimum absolute atomic E-state index is 0. The Morgan fingerprint density at radius 2 is 2.04 bits per heavy atom. The first kappa shape index (κ1) is 21.1. The molecule has 1 saturated heterocycles. The summed E-state index contributed by atoms with van der Waals surface area (Å²) in [6.45, 7) is 3.14. The van der Waals surface area contributed by atoms with E-state index < -0.39 is 6.10 Å². The van der Waals surface area contributed by atoms with Gasteiger partial charge in [-0.2, -0.15) is 0 Å². The second-order valence-corrected chi connectivity index (χ2v) is 6.99. The second kappa shape index (κ2) is 10.2. The number of halogens is 2. The summed E-state index contributed by atoms with van der Waals surface area (Å²) in [5.74, 6) is 1.63. The molecule has 1 atom stereocenters. The van der Waals surface area contributed by atoms with Crippen molar-refractivity contribution >= 4 is 29.9 Å². The van der Waals surface area contributed by atoms with Gasteiger partial charge in [0.1, 0.15) is 13.2 Å². The minimum atomic E-state index is -0.837. The van der Waals surface area contributed by atoms with Gasteiger partial charge in [-0.1, -0.05) is 11.6 Å². The number of piperidine rings is 1. The van der Waals surface area contributed by atoms with Gasteiger partial charge < -0.3 is 25.2 Å². The normalized spacial score (nSPS) is 17.9. The van der Waals surface area contributed by atoms with E-state index in [1.54, 1.807) is 12.1 Å². The van der Waals surface area contributed by atoms with Gasteiger partial charge in [-0.05, 0) is 56.0 Å². The third kappa shape index (κ3) is 5.64. The predicted molar refractivity (Wildman–Crippen MR) is 102 cm³/mol. The highest BCUT2D eigenvalue weighted by Gasteiger charge is 2.20. The Hall–Kier alpha value is -1.21. The molecular weight excluding hydrogens is 379 g/mol. The molecule has 8 heteroatoms. The van der Waals surface area contributed by atoms with Gasteiger partial charge in [-0.25, -0.2) is 0 Å². The molecule has 0 aliphatic carbocycles. The van der Waals surface area contributed by atoms with Crippen LogP contribution in [0.25, 0.3) is 0 Å². The maximum absolute atomic E-state index is 12.0. The molecule has 1 fully saturated rings. The van der Waals surface area contributed by atoms with E-state index >= 15 is 0 Å². The van der Waals surface area contributed by atoms with E-state index in [1.807, 2.05) is 0 Å². The van der Waals surface area contributed by atoms with E-state index in [4.69, 9.17) is 21.1 Å². The summed E-state index contributed by atoms with van der Waals surface area (Å²) in [6, 6.07) is 3.37. The number of hydrogen-bond acceptors (Lipinski definition) is 5. The van der Waals surface area contributed by atoms with Crippen LogP contribution in [-0.2, 0) is 4.79 Å². The fraction of sp³-hybridized carbons (Fsp3) is 0.611. The van der Waals surface area contributed by atoms with Gasteiger partial charge in [0, 0.05) is 13.0 Å². The largest absolute Gasteiger partial charge is 0.486 e. The molecule has 0 saturated carbocycles. The number of hydrogen-bond donors (Lipinski definition) is 3. The first-order valence-electron chi connectivity index (χ1n) is 8.88. The van der Waals surface area contributed by atoms with Gasteiger partial charge in [0.25, 0.3) is 0 Å². The van der Waals surface area contributed by atoms with Crippen LogP contribution in [0.2, 0.25) is 5.02 Å². The van der Waals surface area contributed by atoms with Crippen molar-refractivity contribution in [1.82, 2.24) is 10.6 Å². The molecule has 26 heavy (non-hydrogen) atoms. The molecule has 0 aromatic heterocycles. The molecule has 1 aromatic carbocycles.